The topological polar surface area (TPSA) is 4.93 Å². The van der Waals surface area contributed by atoms with Crippen molar-refractivity contribution in [3.63, 3.8) is 0 Å². The molecule has 1 heterocycles. The van der Waals surface area contributed by atoms with Crippen LogP contribution in [0.3, 0.4) is 0 Å². The molecule has 1 aromatic heterocycles. The number of benzene rings is 9. The van der Waals surface area contributed by atoms with Gasteiger partial charge in [-0.15, -0.1) is 0 Å². The number of nitrogens with zero attached hydrogens (tertiary/aromatic N) is 1. The first-order valence-corrected chi connectivity index (χ1v) is 16.9. The number of aromatic nitrogens is 1. The van der Waals surface area contributed by atoms with Crippen LogP contribution in [0.5, 0.6) is 0 Å². The Morgan fingerprint density at radius 1 is 0.245 bits per heavy atom. The molecule has 0 fully saturated rings. The molecule has 0 aliphatic carbocycles. The van der Waals surface area contributed by atoms with Gasteiger partial charge in [-0.1, -0.05) is 146 Å². The maximum Gasteiger partial charge on any atom is 0.0541 e. The summed E-state index contributed by atoms with van der Waals surface area (Å²) in [6.45, 7) is 0. The average molecular weight is 622 g/mol. The Labute approximate surface area is 284 Å². The van der Waals surface area contributed by atoms with Gasteiger partial charge in [0.2, 0.25) is 0 Å². The molecule has 0 spiro atoms. The van der Waals surface area contributed by atoms with Gasteiger partial charge in [0, 0.05) is 16.5 Å². The van der Waals surface area contributed by atoms with Crippen LogP contribution in [0.15, 0.2) is 188 Å². The Morgan fingerprint density at radius 2 is 0.653 bits per heavy atom. The van der Waals surface area contributed by atoms with E-state index < -0.39 is 0 Å². The molecule has 0 aliphatic rings. The van der Waals surface area contributed by atoms with E-state index in [9.17, 15) is 0 Å². The van der Waals surface area contributed by atoms with Crippen molar-refractivity contribution in [3.8, 4) is 39.1 Å². The van der Waals surface area contributed by atoms with Crippen LogP contribution in [0.25, 0.3) is 93.2 Å². The molecule has 9 aromatic carbocycles. The largest absolute Gasteiger partial charge is 0.309 e. The number of hydrogen-bond acceptors (Lipinski definition) is 0. The molecule has 0 radical (unpaired) electrons. The summed E-state index contributed by atoms with van der Waals surface area (Å²) < 4.78 is 2.39. The molecule has 0 aliphatic heterocycles. The van der Waals surface area contributed by atoms with Crippen LogP contribution in [-0.4, -0.2) is 4.57 Å². The van der Waals surface area contributed by atoms with E-state index in [1.54, 1.807) is 0 Å². The smallest absolute Gasteiger partial charge is 0.0541 e. The van der Waals surface area contributed by atoms with Gasteiger partial charge >= 0.3 is 0 Å². The van der Waals surface area contributed by atoms with E-state index in [-0.39, 0.29) is 0 Å². The zero-order valence-corrected chi connectivity index (χ0v) is 26.8. The van der Waals surface area contributed by atoms with Crippen LogP contribution in [0.1, 0.15) is 0 Å². The third-order valence-electron chi connectivity index (χ3n) is 10.2. The van der Waals surface area contributed by atoms with Gasteiger partial charge in [0.15, 0.2) is 0 Å². The fourth-order valence-corrected chi connectivity index (χ4v) is 7.94. The zero-order chi connectivity index (χ0) is 32.3. The quantitative estimate of drug-likeness (QED) is 0.172. The fraction of sp³-hybridized carbons (Fsp3) is 0. The Bertz CT molecular complexity index is 2820. The van der Waals surface area contributed by atoms with Crippen molar-refractivity contribution < 1.29 is 0 Å². The molecule has 1 heteroatoms. The Hall–Kier alpha value is -6.44. The van der Waals surface area contributed by atoms with E-state index >= 15 is 0 Å². The van der Waals surface area contributed by atoms with E-state index in [2.05, 4.69) is 193 Å². The minimum atomic E-state index is 1.16. The normalized spacial score (nSPS) is 11.7. The van der Waals surface area contributed by atoms with Crippen LogP contribution in [0.2, 0.25) is 0 Å². The first-order chi connectivity index (χ1) is 24.3. The molecule has 0 N–H and O–H groups in total. The maximum atomic E-state index is 2.43. The lowest BCUT2D eigenvalue weighted by molar-refractivity contribution is 1.18. The van der Waals surface area contributed by atoms with Gasteiger partial charge in [-0.2, -0.15) is 0 Å². The lowest BCUT2D eigenvalue weighted by atomic mass is 9.86. The molecule has 49 heavy (non-hydrogen) atoms. The molecule has 0 unspecified atom stereocenters. The molecule has 1 nitrogen and oxygen atoms in total. The van der Waals surface area contributed by atoms with Crippen LogP contribution < -0.4 is 0 Å². The monoisotopic (exact) mass is 621 g/mol. The van der Waals surface area contributed by atoms with Crippen LogP contribution >= 0.6 is 0 Å². The first-order valence-electron chi connectivity index (χ1n) is 16.9. The third kappa shape index (κ3) is 4.40. The zero-order valence-electron chi connectivity index (χ0n) is 26.8. The molecule has 0 saturated heterocycles. The highest BCUT2D eigenvalue weighted by molar-refractivity contribution is 6.26. The Morgan fingerprint density at radius 3 is 1.24 bits per heavy atom. The van der Waals surface area contributed by atoms with Crippen molar-refractivity contribution in [1.82, 2.24) is 4.57 Å². The molecule has 0 bridgehead atoms. The average Bonchev–Trinajstić information content (AvgIpc) is 3.52. The van der Waals surface area contributed by atoms with E-state index in [4.69, 9.17) is 0 Å². The van der Waals surface area contributed by atoms with E-state index in [0.717, 1.165) is 5.69 Å². The predicted octanol–water partition coefficient (Wildman–Crippen LogP) is 13.2. The van der Waals surface area contributed by atoms with Crippen LogP contribution in [-0.2, 0) is 0 Å². The van der Waals surface area contributed by atoms with Gasteiger partial charge in [0.1, 0.15) is 0 Å². The molecular formula is C48H31N. The van der Waals surface area contributed by atoms with Gasteiger partial charge < -0.3 is 4.57 Å². The van der Waals surface area contributed by atoms with Gasteiger partial charge in [-0.05, 0) is 108 Å². The highest BCUT2D eigenvalue weighted by Crippen LogP contribution is 2.43. The lowest BCUT2D eigenvalue weighted by Crippen LogP contribution is -1.94. The molecule has 10 aromatic rings. The van der Waals surface area contributed by atoms with Crippen LogP contribution in [0, 0.1) is 0 Å². The minimum absolute atomic E-state index is 1.16. The second-order valence-corrected chi connectivity index (χ2v) is 12.9. The number of fused-ring (bicyclic) bond motifs is 9. The third-order valence-corrected chi connectivity index (χ3v) is 10.2. The number of rotatable bonds is 4. The van der Waals surface area contributed by atoms with E-state index in [1.165, 1.54) is 87.5 Å². The first kappa shape index (κ1) is 27.7. The summed E-state index contributed by atoms with van der Waals surface area (Å²) in [5, 5.41) is 10.3. The van der Waals surface area contributed by atoms with E-state index in [0.29, 0.717) is 0 Å². The summed E-state index contributed by atoms with van der Waals surface area (Å²) >= 11 is 0. The lowest BCUT2D eigenvalue weighted by Gasteiger charge is -2.17. The highest BCUT2D eigenvalue weighted by atomic mass is 15.0. The standard InChI is InChI=1S/C48H31N/c1-2-14-32(15-3-1)43-30-45-39-22-6-4-20-37(39)38-21-5-7-23-40(38)46(45)31-44(43)35-18-12-16-33(28-35)34-17-13-19-36(29-34)49-47-26-10-8-24-41(47)42-25-9-11-27-48(42)49/h1-31H. The van der Waals surface area contributed by atoms with Crippen molar-refractivity contribution in [1.29, 1.82) is 0 Å². The molecule has 228 valence electrons. The van der Waals surface area contributed by atoms with Crippen molar-refractivity contribution in [2.45, 2.75) is 0 Å². The second kappa shape index (κ2) is 11.1. The van der Waals surface area contributed by atoms with Gasteiger partial charge in [-0.25, -0.2) is 0 Å². The molecule has 0 atom stereocenters. The minimum Gasteiger partial charge on any atom is -0.309 e. The summed E-state index contributed by atoms with van der Waals surface area (Å²) in [6, 6.07) is 68.8. The maximum absolute atomic E-state index is 2.43. The summed E-state index contributed by atoms with van der Waals surface area (Å²) in [5.74, 6) is 0. The molecular weight excluding hydrogens is 591 g/mol. The molecule has 0 saturated carbocycles. The fourth-order valence-electron chi connectivity index (χ4n) is 7.94. The van der Waals surface area contributed by atoms with Crippen molar-refractivity contribution in [3.05, 3.63) is 188 Å². The molecule has 10 rings (SSSR count). The van der Waals surface area contributed by atoms with Gasteiger partial charge in [0.25, 0.3) is 0 Å². The summed E-state index contributed by atoms with van der Waals surface area (Å²) in [4.78, 5) is 0. The number of hydrogen-bond donors (Lipinski definition) is 0. The SMILES string of the molecule is c1ccc(-c2cc3c4ccccc4c4ccccc4c3cc2-c2cccc(-c3cccc(-n4c5ccccc5c5ccccc54)c3)c2)cc1. The summed E-state index contributed by atoms with van der Waals surface area (Å²) in [5.41, 5.74) is 10.9. The Kier molecular flexibility index (Phi) is 6.25. The number of para-hydroxylation sites is 2. The van der Waals surface area contributed by atoms with Crippen molar-refractivity contribution in [2.75, 3.05) is 0 Å². The van der Waals surface area contributed by atoms with Crippen molar-refractivity contribution >= 4 is 54.1 Å². The van der Waals surface area contributed by atoms with Crippen molar-refractivity contribution in [2.24, 2.45) is 0 Å². The molecule has 0 amide bonds. The highest BCUT2D eigenvalue weighted by Gasteiger charge is 2.16. The van der Waals surface area contributed by atoms with Gasteiger partial charge in [-0.3, -0.25) is 0 Å². The second-order valence-electron chi connectivity index (χ2n) is 12.9. The summed E-state index contributed by atoms with van der Waals surface area (Å²) in [7, 11) is 0. The van der Waals surface area contributed by atoms with Gasteiger partial charge in [0.05, 0.1) is 11.0 Å². The predicted molar refractivity (Wildman–Crippen MR) is 210 cm³/mol. The van der Waals surface area contributed by atoms with E-state index in [1.807, 2.05) is 0 Å². The van der Waals surface area contributed by atoms with Crippen LogP contribution in [0.4, 0.5) is 0 Å². The summed E-state index contributed by atoms with van der Waals surface area (Å²) in [6.07, 6.45) is 0. The Balaban J connectivity index is 1.19.